The minimum atomic E-state index is 0.0523. The summed E-state index contributed by atoms with van der Waals surface area (Å²) >= 11 is 5.16. The minimum Gasteiger partial charge on any atom is -0.321 e. The van der Waals surface area contributed by atoms with Crippen molar-refractivity contribution in [2.75, 3.05) is 0 Å². The van der Waals surface area contributed by atoms with Gasteiger partial charge in [0, 0.05) is 4.88 Å². The summed E-state index contributed by atoms with van der Waals surface area (Å²) in [5.41, 5.74) is 6.02. The summed E-state index contributed by atoms with van der Waals surface area (Å²) in [4.78, 5) is 1.32. The summed E-state index contributed by atoms with van der Waals surface area (Å²) in [5, 5.41) is 0. The minimum absolute atomic E-state index is 0.0523. The summed E-state index contributed by atoms with van der Waals surface area (Å²) in [5.74, 6) is 0. The Bertz CT molecular complexity index is 252. The van der Waals surface area contributed by atoms with Crippen LogP contribution in [0.1, 0.15) is 17.7 Å². The van der Waals surface area contributed by atoms with E-state index in [1.165, 1.54) is 8.66 Å². The highest BCUT2D eigenvalue weighted by molar-refractivity contribution is 9.11. The van der Waals surface area contributed by atoms with Crippen molar-refractivity contribution >= 4 is 27.3 Å². The molecule has 1 aromatic rings. The number of thiophene rings is 1. The molecule has 1 nitrogen and oxygen atoms in total. The van der Waals surface area contributed by atoms with Crippen LogP contribution < -0.4 is 5.73 Å². The Morgan fingerprint density at radius 2 is 2.20 bits per heavy atom. The average Bonchev–Trinajstić information content (AvgIpc) is 2.45. The molecule has 2 N–H and O–H groups in total. The van der Waals surface area contributed by atoms with Crippen molar-refractivity contribution < 1.29 is 0 Å². The summed E-state index contributed by atoms with van der Waals surface area (Å²) in [6, 6.07) is 4.18. The second-order valence-electron chi connectivity index (χ2n) is 2.76. The summed E-state index contributed by atoms with van der Waals surface area (Å²) in [6.45, 7) is 0. The maximum atomic E-state index is 5.97. The van der Waals surface area contributed by atoms with E-state index in [1.807, 2.05) is 0 Å². The van der Waals surface area contributed by atoms with Gasteiger partial charge in [-0.05, 0) is 40.9 Å². The van der Waals surface area contributed by atoms with Crippen LogP contribution >= 0.6 is 27.3 Å². The fourth-order valence-corrected chi connectivity index (χ4v) is 2.51. The van der Waals surface area contributed by atoms with Gasteiger partial charge in [-0.1, -0.05) is 0 Å². The van der Waals surface area contributed by atoms with Crippen LogP contribution in [0.5, 0.6) is 0 Å². The van der Waals surface area contributed by atoms with Gasteiger partial charge in [0.25, 0.3) is 0 Å². The third kappa shape index (κ3) is 1.02. The highest BCUT2D eigenvalue weighted by atomic mass is 79.9. The second-order valence-corrected chi connectivity index (χ2v) is 5.22. The molecular formula is C7H8BrNS. The largest absolute Gasteiger partial charge is 0.321 e. The summed E-state index contributed by atoms with van der Waals surface area (Å²) in [7, 11) is 0. The van der Waals surface area contributed by atoms with E-state index in [2.05, 4.69) is 28.1 Å². The lowest BCUT2D eigenvalue weighted by Gasteiger charge is -2.02. The van der Waals surface area contributed by atoms with Crippen molar-refractivity contribution in [1.29, 1.82) is 0 Å². The van der Waals surface area contributed by atoms with Crippen LogP contribution in [0.15, 0.2) is 15.9 Å². The molecule has 0 spiro atoms. The van der Waals surface area contributed by atoms with Crippen molar-refractivity contribution in [3.8, 4) is 0 Å². The topological polar surface area (TPSA) is 26.0 Å². The van der Waals surface area contributed by atoms with Crippen LogP contribution in [0.2, 0.25) is 0 Å². The smallest absolute Gasteiger partial charge is 0.0702 e. The fourth-order valence-electron chi connectivity index (χ4n) is 0.963. The van der Waals surface area contributed by atoms with E-state index in [0.717, 1.165) is 12.8 Å². The van der Waals surface area contributed by atoms with Crippen molar-refractivity contribution in [1.82, 2.24) is 0 Å². The van der Waals surface area contributed by atoms with Crippen LogP contribution in [0.3, 0.4) is 0 Å². The molecule has 10 heavy (non-hydrogen) atoms. The van der Waals surface area contributed by atoms with Gasteiger partial charge in [0.1, 0.15) is 0 Å². The van der Waals surface area contributed by atoms with Gasteiger partial charge in [-0.2, -0.15) is 0 Å². The van der Waals surface area contributed by atoms with E-state index in [1.54, 1.807) is 11.3 Å². The zero-order valence-electron chi connectivity index (χ0n) is 5.43. The van der Waals surface area contributed by atoms with Crippen LogP contribution in [-0.4, -0.2) is 0 Å². The number of nitrogens with two attached hydrogens (primary N) is 1. The van der Waals surface area contributed by atoms with Gasteiger partial charge in [-0.3, -0.25) is 0 Å². The van der Waals surface area contributed by atoms with Crippen molar-refractivity contribution in [3.63, 3.8) is 0 Å². The summed E-state index contributed by atoms with van der Waals surface area (Å²) in [6.07, 6.45) is 2.31. The zero-order valence-corrected chi connectivity index (χ0v) is 7.83. The highest BCUT2D eigenvalue weighted by Gasteiger charge is 2.41. The average molecular weight is 218 g/mol. The Morgan fingerprint density at radius 1 is 1.50 bits per heavy atom. The molecule has 0 aromatic carbocycles. The van der Waals surface area contributed by atoms with Crippen LogP contribution in [-0.2, 0) is 5.54 Å². The molecule has 1 aromatic heterocycles. The number of hydrogen-bond acceptors (Lipinski definition) is 2. The first kappa shape index (κ1) is 6.83. The molecule has 2 rings (SSSR count). The molecule has 1 saturated carbocycles. The van der Waals surface area contributed by atoms with Crippen LogP contribution in [0, 0.1) is 0 Å². The van der Waals surface area contributed by atoms with Crippen molar-refractivity contribution in [2.45, 2.75) is 18.4 Å². The molecule has 0 atom stereocenters. The molecule has 0 unspecified atom stereocenters. The maximum absolute atomic E-state index is 5.97. The third-order valence-electron chi connectivity index (χ3n) is 1.85. The summed E-state index contributed by atoms with van der Waals surface area (Å²) < 4.78 is 1.18. The Hall–Kier alpha value is 0.140. The molecule has 1 heterocycles. The molecule has 1 aliphatic rings. The van der Waals surface area contributed by atoms with Crippen molar-refractivity contribution in [2.24, 2.45) is 5.73 Å². The van der Waals surface area contributed by atoms with Gasteiger partial charge in [0.05, 0.1) is 9.33 Å². The van der Waals surface area contributed by atoms with Gasteiger partial charge in [0.2, 0.25) is 0 Å². The molecule has 0 aliphatic heterocycles. The van der Waals surface area contributed by atoms with Gasteiger partial charge in [0.15, 0.2) is 0 Å². The molecule has 1 fully saturated rings. The Balaban J connectivity index is 2.34. The van der Waals surface area contributed by atoms with E-state index in [4.69, 9.17) is 5.73 Å². The Morgan fingerprint density at radius 3 is 2.60 bits per heavy atom. The Labute approximate surface area is 72.4 Å². The first-order valence-corrected chi connectivity index (χ1v) is 4.86. The van der Waals surface area contributed by atoms with E-state index in [9.17, 15) is 0 Å². The third-order valence-corrected chi connectivity index (χ3v) is 3.70. The maximum Gasteiger partial charge on any atom is 0.0702 e. The van der Waals surface area contributed by atoms with Crippen LogP contribution in [0.4, 0.5) is 0 Å². The van der Waals surface area contributed by atoms with E-state index in [-0.39, 0.29) is 5.54 Å². The second kappa shape index (κ2) is 2.06. The lowest BCUT2D eigenvalue weighted by Crippen LogP contribution is -2.16. The van der Waals surface area contributed by atoms with Crippen LogP contribution in [0.25, 0.3) is 0 Å². The number of halogens is 1. The molecule has 0 amide bonds. The van der Waals surface area contributed by atoms with Gasteiger partial charge in [-0.15, -0.1) is 11.3 Å². The number of rotatable bonds is 1. The lowest BCUT2D eigenvalue weighted by molar-refractivity contribution is 0.759. The first-order valence-electron chi connectivity index (χ1n) is 3.25. The molecule has 0 saturated heterocycles. The predicted molar refractivity (Wildman–Crippen MR) is 47.1 cm³/mol. The molecule has 1 aliphatic carbocycles. The van der Waals surface area contributed by atoms with Gasteiger partial charge < -0.3 is 5.73 Å². The SMILES string of the molecule is NC1(c2ccc(Br)s2)CC1. The Kier molecular flexibility index (Phi) is 1.41. The first-order chi connectivity index (χ1) is 4.71. The molecular weight excluding hydrogens is 210 g/mol. The van der Waals surface area contributed by atoms with Gasteiger partial charge >= 0.3 is 0 Å². The quantitative estimate of drug-likeness (QED) is 0.769. The normalized spacial score (nSPS) is 21.0. The standard InChI is InChI=1S/C7H8BrNS/c8-6-2-1-5(10-6)7(9)3-4-7/h1-2H,3-4,9H2. The lowest BCUT2D eigenvalue weighted by atomic mass is 10.2. The molecule has 0 bridgehead atoms. The molecule has 3 heteroatoms. The van der Waals surface area contributed by atoms with E-state index >= 15 is 0 Å². The van der Waals surface area contributed by atoms with E-state index in [0.29, 0.717) is 0 Å². The fraction of sp³-hybridized carbons (Fsp3) is 0.429. The highest BCUT2D eigenvalue weighted by Crippen LogP contribution is 2.46. The molecule has 54 valence electrons. The van der Waals surface area contributed by atoms with Gasteiger partial charge in [-0.25, -0.2) is 0 Å². The number of hydrogen-bond donors (Lipinski definition) is 1. The monoisotopic (exact) mass is 217 g/mol. The van der Waals surface area contributed by atoms with E-state index < -0.39 is 0 Å². The predicted octanol–water partition coefficient (Wildman–Crippen LogP) is 2.46. The molecule has 0 radical (unpaired) electrons. The zero-order chi connectivity index (χ0) is 7.19. The van der Waals surface area contributed by atoms with Crippen molar-refractivity contribution in [3.05, 3.63) is 20.8 Å².